The molecule has 10 heteroatoms. The molecular formula is C23H21Cl2N3O5. The van der Waals surface area contributed by atoms with Gasteiger partial charge in [0.2, 0.25) is 0 Å². The standard InChI is InChI=1S/C23H21Cl2N3O5/c24-17-5-13(6-18(25)8-17)12-32-23(31)27-4-3-15-9-28(11-16(15)10-27)21(29)14-1-2-19-20(7-14)33-22(30)26-19/h1-2,5-8,15-16H,3-4,9-12H2,(H,26,30)/t15-,16-/m1/s1. The van der Waals surface area contributed by atoms with Gasteiger partial charge in [0.05, 0.1) is 5.52 Å². The van der Waals surface area contributed by atoms with Gasteiger partial charge in [0.1, 0.15) is 6.61 Å². The quantitative estimate of drug-likeness (QED) is 0.595. The molecule has 8 nitrogen and oxygen atoms in total. The van der Waals surface area contributed by atoms with E-state index in [1.807, 2.05) is 4.90 Å². The van der Waals surface area contributed by atoms with Gasteiger partial charge in [-0.2, -0.15) is 0 Å². The number of piperidine rings is 1. The van der Waals surface area contributed by atoms with Crippen molar-refractivity contribution in [2.24, 2.45) is 11.8 Å². The number of carbonyl (C=O) groups is 2. The Morgan fingerprint density at radius 2 is 1.76 bits per heavy atom. The van der Waals surface area contributed by atoms with Gasteiger partial charge >= 0.3 is 11.8 Å². The molecule has 0 spiro atoms. The van der Waals surface area contributed by atoms with Crippen LogP contribution < -0.4 is 5.76 Å². The molecule has 2 aliphatic heterocycles. The molecule has 2 aliphatic rings. The molecule has 0 saturated carbocycles. The molecule has 1 N–H and O–H groups in total. The van der Waals surface area contributed by atoms with E-state index in [4.69, 9.17) is 32.4 Å². The summed E-state index contributed by atoms with van der Waals surface area (Å²) in [6.07, 6.45) is 0.417. The van der Waals surface area contributed by atoms with Crippen LogP contribution in [0, 0.1) is 11.8 Å². The highest BCUT2D eigenvalue weighted by Crippen LogP contribution is 2.32. The lowest BCUT2D eigenvalue weighted by atomic mass is 9.89. The van der Waals surface area contributed by atoms with Crippen molar-refractivity contribution in [1.82, 2.24) is 14.8 Å². The molecule has 3 aromatic rings. The van der Waals surface area contributed by atoms with Crippen LogP contribution in [0.15, 0.2) is 45.6 Å². The number of carbonyl (C=O) groups excluding carboxylic acids is 2. The highest BCUT2D eigenvalue weighted by atomic mass is 35.5. The summed E-state index contributed by atoms with van der Waals surface area (Å²) in [5, 5.41) is 0.978. The number of hydrogen-bond acceptors (Lipinski definition) is 5. The predicted octanol–water partition coefficient (Wildman–Crippen LogP) is 4.16. The zero-order valence-corrected chi connectivity index (χ0v) is 19.1. The maximum atomic E-state index is 13.0. The largest absolute Gasteiger partial charge is 0.445 e. The first-order valence-corrected chi connectivity index (χ1v) is 11.4. The minimum atomic E-state index is -0.549. The average Bonchev–Trinajstić information content (AvgIpc) is 3.37. The number of hydrogen-bond donors (Lipinski definition) is 1. The Morgan fingerprint density at radius 3 is 2.55 bits per heavy atom. The Kier molecular flexibility index (Phi) is 5.80. The molecule has 33 heavy (non-hydrogen) atoms. The number of amides is 2. The summed E-state index contributed by atoms with van der Waals surface area (Å²) in [6, 6.07) is 9.99. The minimum Gasteiger partial charge on any atom is -0.445 e. The van der Waals surface area contributed by atoms with Crippen LogP contribution in [-0.2, 0) is 11.3 Å². The average molecular weight is 490 g/mol. The molecule has 2 fully saturated rings. The number of rotatable bonds is 3. The summed E-state index contributed by atoms with van der Waals surface area (Å²) >= 11 is 12.0. The Labute approximate surface area is 199 Å². The molecule has 1 aromatic heterocycles. The van der Waals surface area contributed by atoms with E-state index in [0.717, 1.165) is 12.0 Å². The summed E-state index contributed by atoms with van der Waals surface area (Å²) < 4.78 is 10.5. The van der Waals surface area contributed by atoms with Gasteiger partial charge in [0.25, 0.3) is 5.91 Å². The first kappa shape index (κ1) is 21.9. The van der Waals surface area contributed by atoms with Gasteiger partial charge < -0.3 is 19.0 Å². The SMILES string of the molecule is O=C(OCc1cc(Cl)cc(Cl)c1)N1CC[C@@H]2CN(C(=O)c3ccc4[nH]c(=O)oc4c3)C[C@H]2C1. The number of oxazole rings is 1. The van der Waals surface area contributed by atoms with Crippen molar-refractivity contribution in [1.29, 1.82) is 0 Å². The Hall–Kier alpha value is -2.97. The first-order valence-electron chi connectivity index (χ1n) is 10.6. The van der Waals surface area contributed by atoms with Crippen LogP contribution in [-0.4, -0.2) is 53.0 Å². The van der Waals surface area contributed by atoms with E-state index in [9.17, 15) is 14.4 Å². The summed E-state index contributed by atoms with van der Waals surface area (Å²) in [5.74, 6) is -0.141. The second-order valence-electron chi connectivity index (χ2n) is 8.52. The zero-order valence-electron chi connectivity index (χ0n) is 17.6. The number of fused-ring (bicyclic) bond motifs is 2. The second kappa shape index (κ2) is 8.76. The third-order valence-electron chi connectivity index (χ3n) is 6.30. The summed E-state index contributed by atoms with van der Waals surface area (Å²) in [4.78, 5) is 43.1. The van der Waals surface area contributed by atoms with Crippen molar-refractivity contribution >= 4 is 46.3 Å². The number of likely N-dealkylation sites (tertiary alicyclic amines) is 2. The molecule has 2 amide bonds. The fraction of sp³-hybridized carbons (Fsp3) is 0.348. The third-order valence-corrected chi connectivity index (χ3v) is 6.74. The number of aromatic nitrogens is 1. The van der Waals surface area contributed by atoms with Gasteiger partial charge in [-0.15, -0.1) is 0 Å². The van der Waals surface area contributed by atoms with Gasteiger partial charge in [-0.05, 0) is 60.2 Å². The van der Waals surface area contributed by atoms with Crippen LogP contribution in [0.3, 0.4) is 0 Å². The molecule has 5 rings (SSSR count). The van der Waals surface area contributed by atoms with Crippen LogP contribution in [0.4, 0.5) is 4.79 Å². The smallest absolute Gasteiger partial charge is 0.417 e. The van der Waals surface area contributed by atoms with E-state index in [-0.39, 0.29) is 24.5 Å². The van der Waals surface area contributed by atoms with Crippen LogP contribution in [0.2, 0.25) is 10.0 Å². The number of benzene rings is 2. The lowest BCUT2D eigenvalue weighted by Crippen LogP contribution is -2.43. The number of ether oxygens (including phenoxy) is 1. The predicted molar refractivity (Wildman–Crippen MR) is 123 cm³/mol. The van der Waals surface area contributed by atoms with E-state index >= 15 is 0 Å². The van der Waals surface area contributed by atoms with Crippen LogP contribution in [0.5, 0.6) is 0 Å². The molecule has 0 bridgehead atoms. The van der Waals surface area contributed by atoms with E-state index in [1.54, 1.807) is 41.3 Å². The number of halogens is 2. The monoisotopic (exact) mass is 489 g/mol. The maximum absolute atomic E-state index is 13.0. The topological polar surface area (TPSA) is 95.9 Å². The van der Waals surface area contributed by atoms with E-state index < -0.39 is 5.76 Å². The van der Waals surface area contributed by atoms with Crippen molar-refractivity contribution in [2.45, 2.75) is 13.0 Å². The molecule has 3 heterocycles. The van der Waals surface area contributed by atoms with Gasteiger partial charge in [0, 0.05) is 41.8 Å². The van der Waals surface area contributed by atoms with Crippen molar-refractivity contribution in [2.75, 3.05) is 26.2 Å². The molecule has 2 aromatic carbocycles. The summed E-state index contributed by atoms with van der Waals surface area (Å²) in [5.41, 5.74) is 2.11. The molecule has 2 atom stereocenters. The van der Waals surface area contributed by atoms with Gasteiger partial charge in [0.15, 0.2) is 5.58 Å². The molecule has 0 aliphatic carbocycles. The number of H-pyrrole nitrogens is 1. The molecule has 0 unspecified atom stereocenters. The second-order valence-corrected chi connectivity index (χ2v) is 9.40. The van der Waals surface area contributed by atoms with Crippen molar-refractivity contribution < 1.29 is 18.7 Å². The maximum Gasteiger partial charge on any atom is 0.417 e. The normalized spacial score (nSPS) is 20.2. The third kappa shape index (κ3) is 4.58. The van der Waals surface area contributed by atoms with Crippen LogP contribution in [0.25, 0.3) is 11.1 Å². The lowest BCUT2D eigenvalue weighted by Gasteiger charge is -2.33. The van der Waals surface area contributed by atoms with Crippen LogP contribution in [0.1, 0.15) is 22.3 Å². The number of nitrogens with one attached hydrogen (secondary N) is 1. The van der Waals surface area contributed by atoms with Gasteiger partial charge in [-0.1, -0.05) is 23.2 Å². The van der Waals surface area contributed by atoms with E-state index in [2.05, 4.69) is 4.98 Å². The van der Waals surface area contributed by atoms with Gasteiger partial charge in [-0.25, -0.2) is 9.59 Å². The van der Waals surface area contributed by atoms with E-state index in [1.165, 1.54) is 0 Å². The fourth-order valence-electron chi connectivity index (χ4n) is 4.69. The van der Waals surface area contributed by atoms with Crippen LogP contribution >= 0.6 is 23.2 Å². The molecular weight excluding hydrogens is 469 g/mol. The molecule has 0 radical (unpaired) electrons. The first-order chi connectivity index (χ1) is 15.9. The van der Waals surface area contributed by atoms with Crippen molar-refractivity contribution in [3.05, 3.63) is 68.1 Å². The lowest BCUT2D eigenvalue weighted by molar-refractivity contribution is 0.0729. The fourth-order valence-corrected chi connectivity index (χ4v) is 5.26. The molecule has 2 saturated heterocycles. The van der Waals surface area contributed by atoms with E-state index in [0.29, 0.717) is 58.8 Å². The Bertz CT molecular complexity index is 1270. The zero-order chi connectivity index (χ0) is 23.1. The summed E-state index contributed by atoms with van der Waals surface area (Å²) in [6.45, 7) is 2.41. The highest BCUT2D eigenvalue weighted by molar-refractivity contribution is 6.34. The van der Waals surface area contributed by atoms with Crippen molar-refractivity contribution in [3.63, 3.8) is 0 Å². The Morgan fingerprint density at radius 1 is 1.03 bits per heavy atom. The highest BCUT2D eigenvalue weighted by Gasteiger charge is 2.40. The number of nitrogens with zero attached hydrogens (tertiary/aromatic N) is 2. The Balaban J connectivity index is 1.19. The van der Waals surface area contributed by atoms with Gasteiger partial charge in [-0.3, -0.25) is 9.78 Å². The summed E-state index contributed by atoms with van der Waals surface area (Å²) in [7, 11) is 0. The number of aromatic amines is 1. The molecule has 172 valence electrons. The van der Waals surface area contributed by atoms with Crippen molar-refractivity contribution in [3.8, 4) is 0 Å². The minimum absolute atomic E-state index is 0.0894.